The molecule has 0 bridgehead atoms. The van der Waals surface area contributed by atoms with Crippen molar-refractivity contribution >= 4 is 12.1 Å². The smallest absolute Gasteiger partial charge is 0.408 e. The van der Waals surface area contributed by atoms with Crippen molar-refractivity contribution in [3.63, 3.8) is 0 Å². The largest absolute Gasteiger partial charge is 0.508 e. The first-order valence-corrected chi connectivity index (χ1v) is 7.15. The van der Waals surface area contributed by atoms with Gasteiger partial charge in [0.2, 0.25) is 0 Å². The van der Waals surface area contributed by atoms with Gasteiger partial charge in [-0.1, -0.05) is 12.1 Å². The minimum absolute atomic E-state index is 0.0451. The number of hydrogen-bond acceptors (Lipinski definition) is 5. The lowest BCUT2D eigenvalue weighted by atomic mass is 10.0. The molecule has 22 heavy (non-hydrogen) atoms. The van der Waals surface area contributed by atoms with Crippen molar-refractivity contribution in [2.75, 3.05) is 6.61 Å². The lowest BCUT2D eigenvalue weighted by Crippen LogP contribution is -2.36. The highest BCUT2D eigenvalue weighted by molar-refractivity contribution is 5.73. The number of benzene rings is 1. The topological polar surface area (TPSA) is 84.9 Å². The Morgan fingerprint density at radius 1 is 1.32 bits per heavy atom. The van der Waals surface area contributed by atoms with Crippen LogP contribution in [0.2, 0.25) is 0 Å². The predicted molar refractivity (Wildman–Crippen MR) is 81.5 cm³/mol. The van der Waals surface area contributed by atoms with Crippen LogP contribution in [0.3, 0.4) is 0 Å². The second-order valence-electron chi connectivity index (χ2n) is 5.80. The summed E-state index contributed by atoms with van der Waals surface area (Å²) >= 11 is 0. The number of carbonyl (C=O) groups is 2. The van der Waals surface area contributed by atoms with E-state index in [1.165, 1.54) is 12.1 Å². The fourth-order valence-corrected chi connectivity index (χ4v) is 1.83. The Labute approximate surface area is 130 Å². The molecule has 0 aromatic heterocycles. The summed E-state index contributed by atoms with van der Waals surface area (Å²) in [5.41, 5.74) is -0.0453. The average molecular weight is 309 g/mol. The number of aromatic hydroxyl groups is 1. The highest BCUT2D eigenvalue weighted by Gasteiger charge is 2.23. The summed E-state index contributed by atoms with van der Waals surface area (Å²) in [6.45, 7) is 7.23. The number of amides is 1. The van der Waals surface area contributed by atoms with Crippen LogP contribution in [0.4, 0.5) is 4.79 Å². The van der Waals surface area contributed by atoms with E-state index in [4.69, 9.17) is 9.47 Å². The number of ether oxygens (including phenoxy) is 2. The van der Waals surface area contributed by atoms with E-state index in [0.29, 0.717) is 5.56 Å². The van der Waals surface area contributed by atoms with Crippen LogP contribution in [0.5, 0.6) is 5.75 Å². The van der Waals surface area contributed by atoms with E-state index < -0.39 is 23.7 Å². The minimum Gasteiger partial charge on any atom is -0.508 e. The zero-order valence-electron chi connectivity index (χ0n) is 13.4. The van der Waals surface area contributed by atoms with Gasteiger partial charge < -0.3 is 19.9 Å². The molecule has 0 heterocycles. The van der Waals surface area contributed by atoms with E-state index in [9.17, 15) is 14.7 Å². The predicted octanol–water partition coefficient (Wildman–Crippen LogP) is 2.91. The van der Waals surface area contributed by atoms with Crippen LogP contribution in [0, 0.1) is 0 Å². The highest BCUT2D eigenvalue weighted by atomic mass is 16.6. The number of phenolic OH excluding ortho intramolecular Hbond substituents is 1. The van der Waals surface area contributed by atoms with Crippen LogP contribution in [0.1, 0.15) is 45.7 Å². The van der Waals surface area contributed by atoms with Gasteiger partial charge in [0, 0.05) is 0 Å². The van der Waals surface area contributed by atoms with Gasteiger partial charge in [0.05, 0.1) is 19.1 Å². The van der Waals surface area contributed by atoms with Gasteiger partial charge in [-0.2, -0.15) is 0 Å². The summed E-state index contributed by atoms with van der Waals surface area (Å²) < 4.78 is 10.1. The van der Waals surface area contributed by atoms with Crippen molar-refractivity contribution in [2.45, 2.75) is 45.8 Å². The number of rotatable bonds is 5. The SMILES string of the molecule is CCOC(=O)CC(NC(=O)OC(C)(C)C)c1cccc(O)c1. The van der Waals surface area contributed by atoms with Crippen LogP contribution >= 0.6 is 0 Å². The molecule has 122 valence electrons. The van der Waals surface area contributed by atoms with Crippen LogP contribution in [0.25, 0.3) is 0 Å². The molecule has 0 fully saturated rings. The van der Waals surface area contributed by atoms with E-state index in [0.717, 1.165) is 0 Å². The van der Waals surface area contributed by atoms with Crippen molar-refractivity contribution in [1.29, 1.82) is 0 Å². The van der Waals surface area contributed by atoms with Crippen molar-refractivity contribution in [2.24, 2.45) is 0 Å². The van der Waals surface area contributed by atoms with E-state index in [-0.39, 0.29) is 18.8 Å². The molecule has 1 atom stereocenters. The maximum absolute atomic E-state index is 11.9. The average Bonchev–Trinajstić information content (AvgIpc) is 2.36. The Morgan fingerprint density at radius 3 is 2.55 bits per heavy atom. The molecule has 1 aromatic rings. The first-order chi connectivity index (χ1) is 10.2. The maximum Gasteiger partial charge on any atom is 0.408 e. The van der Waals surface area contributed by atoms with Gasteiger partial charge in [-0.15, -0.1) is 0 Å². The first kappa shape index (κ1) is 17.8. The monoisotopic (exact) mass is 309 g/mol. The normalized spacial score (nSPS) is 12.4. The van der Waals surface area contributed by atoms with Gasteiger partial charge in [-0.3, -0.25) is 4.79 Å². The van der Waals surface area contributed by atoms with Crippen LogP contribution in [0.15, 0.2) is 24.3 Å². The number of nitrogens with one attached hydrogen (secondary N) is 1. The van der Waals surface area contributed by atoms with Crippen molar-refractivity contribution in [1.82, 2.24) is 5.32 Å². The van der Waals surface area contributed by atoms with Crippen molar-refractivity contribution in [3.05, 3.63) is 29.8 Å². The number of phenols is 1. The third-order valence-electron chi connectivity index (χ3n) is 2.64. The molecule has 0 saturated heterocycles. The Morgan fingerprint density at radius 2 is 2.00 bits per heavy atom. The van der Waals surface area contributed by atoms with E-state index in [1.54, 1.807) is 39.8 Å². The molecule has 6 heteroatoms. The summed E-state index contributed by atoms with van der Waals surface area (Å²) in [4.78, 5) is 23.6. The van der Waals surface area contributed by atoms with Gasteiger partial charge in [-0.05, 0) is 45.4 Å². The van der Waals surface area contributed by atoms with Gasteiger partial charge in [-0.25, -0.2) is 4.79 Å². The Kier molecular flexibility index (Phi) is 6.22. The Bertz CT molecular complexity index is 522. The zero-order valence-corrected chi connectivity index (χ0v) is 13.4. The number of hydrogen-bond donors (Lipinski definition) is 2. The molecule has 1 aromatic carbocycles. The van der Waals surface area contributed by atoms with Crippen LogP contribution < -0.4 is 5.32 Å². The molecule has 0 aliphatic carbocycles. The second-order valence-corrected chi connectivity index (χ2v) is 5.80. The molecule has 0 radical (unpaired) electrons. The summed E-state index contributed by atoms with van der Waals surface area (Å²) in [7, 11) is 0. The lowest BCUT2D eigenvalue weighted by molar-refractivity contribution is -0.143. The molecular weight excluding hydrogens is 286 g/mol. The van der Waals surface area contributed by atoms with Crippen molar-refractivity contribution < 1.29 is 24.2 Å². The summed E-state index contributed by atoms with van der Waals surface area (Å²) in [6, 6.07) is 5.71. The molecule has 1 amide bonds. The molecule has 0 aliphatic rings. The van der Waals surface area contributed by atoms with Gasteiger partial charge >= 0.3 is 12.1 Å². The molecule has 0 aliphatic heterocycles. The number of alkyl carbamates (subject to hydrolysis) is 1. The first-order valence-electron chi connectivity index (χ1n) is 7.15. The Hall–Kier alpha value is -2.24. The third kappa shape index (κ3) is 6.47. The zero-order chi connectivity index (χ0) is 16.8. The maximum atomic E-state index is 11.9. The highest BCUT2D eigenvalue weighted by Crippen LogP contribution is 2.22. The molecule has 1 rings (SSSR count). The molecule has 2 N–H and O–H groups in total. The second kappa shape index (κ2) is 7.68. The fraction of sp³-hybridized carbons (Fsp3) is 0.500. The van der Waals surface area contributed by atoms with Crippen molar-refractivity contribution in [3.8, 4) is 5.75 Å². The van der Waals surface area contributed by atoms with Gasteiger partial charge in [0.15, 0.2) is 0 Å². The number of esters is 1. The fourth-order valence-electron chi connectivity index (χ4n) is 1.83. The number of carbonyl (C=O) groups excluding carboxylic acids is 2. The van der Waals surface area contributed by atoms with Crippen LogP contribution in [-0.2, 0) is 14.3 Å². The van der Waals surface area contributed by atoms with Gasteiger partial charge in [0.1, 0.15) is 11.4 Å². The van der Waals surface area contributed by atoms with E-state index in [1.807, 2.05) is 0 Å². The summed E-state index contributed by atoms with van der Waals surface area (Å²) in [5, 5.41) is 12.2. The molecule has 6 nitrogen and oxygen atoms in total. The molecule has 0 spiro atoms. The summed E-state index contributed by atoms with van der Waals surface area (Å²) in [5.74, 6) is -0.385. The Balaban J connectivity index is 2.87. The molecule has 0 saturated carbocycles. The third-order valence-corrected chi connectivity index (χ3v) is 2.64. The molecular formula is C16H23NO5. The van der Waals surface area contributed by atoms with E-state index >= 15 is 0 Å². The van der Waals surface area contributed by atoms with Crippen LogP contribution in [-0.4, -0.2) is 29.4 Å². The lowest BCUT2D eigenvalue weighted by Gasteiger charge is -2.23. The molecule has 1 unspecified atom stereocenters. The van der Waals surface area contributed by atoms with E-state index in [2.05, 4.69) is 5.32 Å². The standard InChI is InChI=1S/C16H23NO5/c1-5-21-14(19)10-13(11-7-6-8-12(18)9-11)17-15(20)22-16(2,3)4/h6-9,13,18H,5,10H2,1-4H3,(H,17,20). The van der Waals surface area contributed by atoms with Gasteiger partial charge in [0.25, 0.3) is 0 Å². The summed E-state index contributed by atoms with van der Waals surface area (Å²) in [6.07, 6.45) is -0.679. The quantitative estimate of drug-likeness (QED) is 0.817. The minimum atomic E-state index is -0.641.